The Hall–Kier alpha value is -0.640. The van der Waals surface area contributed by atoms with Crippen molar-refractivity contribution in [2.24, 2.45) is 34.5 Å². The van der Waals surface area contributed by atoms with E-state index in [1.165, 1.54) is 19.3 Å². The first-order valence-corrected chi connectivity index (χ1v) is 11.7. The highest BCUT2D eigenvalue weighted by molar-refractivity contribution is 9.10. The van der Waals surface area contributed by atoms with Gasteiger partial charge in [-0.15, -0.1) is 6.58 Å². The summed E-state index contributed by atoms with van der Waals surface area (Å²) in [6.07, 6.45) is 10.9. The van der Waals surface area contributed by atoms with Gasteiger partial charge in [0.15, 0.2) is 5.78 Å². The molecule has 4 rings (SSSR count). The van der Waals surface area contributed by atoms with Gasteiger partial charge in [-0.1, -0.05) is 35.9 Å². The number of ketones is 1. The lowest BCUT2D eigenvalue weighted by molar-refractivity contribution is -0.161. The Morgan fingerprint density at radius 2 is 1.96 bits per heavy atom. The lowest BCUT2D eigenvalue weighted by Gasteiger charge is -2.60. The third kappa shape index (κ3) is 3.05. The van der Waals surface area contributed by atoms with Crippen LogP contribution in [0.1, 0.15) is 71.6 Å². The van der Waals surface area contributed by atoms with Crippen molar-refractivity contribution in [3.05, 3.63) is 12.7 Å². The van der Waals surface area contributed by atoms with Gasteiger partial charge < -0.3 is 4.74 Å². The van der Waals surface area contributed by atoms with E-state index in [1.54, 1.807) is 6.08 Å². The average molecular weight is 437 g/mol. The number of carbonyl (C=O) groups is 2. The molecule has 0 aromatic rings. The van der Waals surface area contributed by atoms with Gasteiger partial charge in [0, 0.05) is 5.41 Å². The molecule has 0 spiro atoms. The number of fused-ring (bicyclic) bond motifs is 5. The zero-order valence-electron chi connectivity index (χ0n) is 16.7. The van der Waals surface area contributed by atoms with E-state index < -0.39 is 0 Å². The number of hydrogen-bond donors (Lipinski definition) is 0. The molecular weight excluding hydrogens is 404 g/mol. The Labute approximate surface area is 171 Å². The van der Waals surface area contributed by atoms with Crippen LogP contribution in [0.5, 0.6) is 0 Å². The largest absolute Gasteiger partial charge is 0.462 e. The highest BCUT2D eigenvalue weighted by Crippen LogP contribution is 2.66. The summed E-state index contributed by atoms with van der Waals surface area (Å²) in [5.41, 5.74) is 0.245. The number of Topliss-reactive ketones (excluding diaryl/α,β-unsaturated/α-hetero) is 1. The first-order valence-electron chi connectivity index (χ1n) is 10.8. The molecule has 4 saturated carbocycles. The summed E-state index contributed by atoms with van der Waals surface area (Å²) in [7, 11) is 0. The predicted molar refractivity (Wildman–Crippen MR) is 110 cm³/mol. The van der Waals surface area contributed by atoms with Crippen molar-refractivity contribution in [2.75, 3.05) is 0 Å². The molecule has 0 heterocycles. The maximum absolute atomic E-state index is 12.8. The summed E-state index contributed by atoms with van der Waals surface area (Å²) in [5, 5.41) is 0. The number of esters is 1. The summed E-state index contributed by atoms with van der Waals surface area (Å²) >= 11 is 3.67. The average Bonchev–Trinajstić information content (AvgIpc) is 2.86. The fourth-order valence-electron chi connectivity index (χ4n) is 7.43. The van der Waals surface area contributed by atoms with E-state index in [-0.39, 0.29) is 22.3 Å². The van der Waals surface area contributed by atoms with Crippen LogP contribution in [0.4, 0.5) is 0 Å². The molecular formula is C23H33BrO3. The molecule has 0 aromatic heterocycles. The quantitative estimate of drug-likeness (QED) is 0.335. The molecule has 0 amide bonds. The lowest BCUT2D eigenvalue weighted by Crippen LogP contribution is -2.54. The Morgan fingerprint density at radius 1 is 1.19 bits per heavy atom. The fraction of sp³-hybridized carbons (Fsp3) is 0.826. The van der Waals surface area contributed by atoms with Crippen LogP contribution in [0.15, 0.2) is 12.7 Å². The van der Waals surface area contributed by atoms with Crippen LogP contribution in [0, 0.1) is 34.5 Å². The second-order valence-corrected chi connectivity index (χ2v) is 11.2. The van der Waals surface area contributed by atoms with Gasteiger partial charge in [0.1, 0.15) is 6.10 Å². The summed E-state index contributed by atoms with van der Waals surface area (Å²) in [5.74, 6) is 2.94. The number of rotatable bonds is 3. The predicted octanol–water partition coefficient (Wildman–Crippen LogP) is 5.46. The topological polar surface area (TPSA) is 43.4 Å². The standard InChI is InChI=1S/C23H33BrO3/c1-4-5-20(25)27-15-8-10-22(2)14(12-15)6-7-16-17(22)9-11-23(3)18(16)13-19(24)21(23)26/h4,14-19H,1,5-13H2,2-3H3/t14-,15-,16+,17-,18-,19+,22-,23-/m0/s1. The van der Waals surface area contributed by atoms with Gasteiger partial charge in [-0.25, -0.2) is 0 Å². The smallest absolute Gasteiger partial charge is 0.309 e. The van der Waals surface area contributed by atoms with Crippen LogP contribution in [-0.2, 0) is 14.3 Å². The number of hydrogen-bond acceptors (Lipinski definition) is 3. The molecule has 4 fully saturated rings. The molecule has 150 valence electrons. The van der Waals surface area contributed by atoms with Crippen molar-refractivity contribution in [1.82, 2.24) is 0 Å². The summed E-state index contributed by atoms with van der Waals surface area (Å²) in [6.45, 7) is 8.37. The van der Waals surface area contributed by atoms with Gasteiger partial charge in [0.2, 0.25) is 0 Å². The third-order valence-corrected chi connectivity index (χ3v) is 9.71. The number of alkyl halides is 1. The molecule has 0 radical (unpaired) electrons. The highest BCUT2D eigenvalue weighted by Gasteiger charge is 2.62. The normalized spacial score (nSPS) is 48.9. The van der Waals surface area contributed by atoms with Crippen LogP contribution in [0.3, 0.4) is 0 Å². The van der Waals surface area contributed by atoms with E-state index in [0.29, 0.717) is 35.4 Å². The Balaban J connectivity index is 1.49. The minimum Gasteiger partial charge on any atom is -0.462 e. The number of halogens is 1. The van der Waals surface area contributed by atoms with Crippen LogP contribution in [-0.4, -0.2) is 22.7 Å². The van der Waals surface area contributed by atoms with Gasteiger partial charge in [-0.05, 0) is 80.5 Å². The van der Waals surface area contributed by atoms with Gasteiger partial charge in [0.25, 0.3) is 0 Å². The van der Waals surface area contributed by atoms with Gasteiger partial charge >= 0.3 is 5.97 Å². The fourth-order valence-corrected chi connectivity index (χ4v) is 8.35. The molecule has 27 heavy (non-hydrogen) atoms. The second kappa shape index (κ2) is 7.00. The van der Waals surface area contributed by atoms with Crippen LogP contribution in [0.25, 0.3) is 0 Å². The van der Waals surface area contributed by atoms with E-state index in [0.717, 1.165) is 38.0 Å². The van der Waals surface area contributed by atoms with Crippen LogP contribution in [0.2, 0.25) is 0 Å². The Morgan fingerprint density at radius 3 is 2.70 bits per heavy atom. The summed E-state index contributed by atoms with van der Waals surface area (Å²) < 4.78 is 5.71. The first-order chi connectivity index (χ1) is 12.8. The molecule has 0 unspecified atom stereocenters. The Bertz CT molecular complexity index is 646. The maximum atomic E-state index is 12.8. The molecule has 0 aliphatic heterocycles. The van der Waals surface area contributed by atoms with E-state index >= 15 is 0 Å². The summed E-state index contributed by atoms with van der Waals surface area (Å²) in [6, 6.07) is 0. The zero-order valence-corrected chi connectivity index (χ0v) is 18.3. The molecule has 8 atom stereocenters. The molecule has 4 heteroatoms. The van der Waals surface area contributed by atoms with Crippen molar-refractivity contribution < 1.29 is 14.3 Å². The zero-order chi connectivity index (χ0) is 19.4. The highest BCUT2D eigenvalue weighted by atomic mass is 79.9. The molecule has 0 N–H and O–H groups in total. The van der Waals surface area contributed by atoms with Crippen molar-refractivity contribution in [3.63, 3.8) is 0 Å². The third-order valence-electron chi connectivity index (χ3n) is 8.92. The van der Waals surface area contributed by atoms with Crippen molar-refractivity contribution >= 4 is 27.7 Å². The maximum Gasteiger partial charge on any atom is 0.309 e. The molecule has 3 nitrogen and oxygen atoms in total. The SMILES string of the molecule is C=CCC(=O)O[C@H]1CC[C@@]2(C)[C@@H](CC[C@@H]3[C@@H]2CC[C@]2(C)C(=O)[C@H](Br)C[C@@H]32)C1. The van der Waals surface area contributed by atoms with Crippen molar-refractivity contribution in [2.45, 2.75) is 82.6 Å². The van der Waals surface area contributed by atoms with E-state index in [9.17, 15) is 9.59 Å². The number of carbonyl (C=O) groups excluding carboxylic acids is 2. The van der Waals surface area contributed by atoms with Gasteiger partial charge in [-0.3, -0.25) is 9.59 Å². The first kappa shape index (κ1) is 19.7. The molecule has 0 bridgehead atoms. The molecule has 4 aliphatic rings. The van der Waals surface area contributed by atoms with E-state index in [4.69, 9.17) is 4.74 Å². The molecule has 0 aromatic carbocycles. The van der Waals surface area contributed by atoms with Gasteiger partial charge in [0.05, 0.1) is 11.2 Å². The van der Waals surface area contributed by atoms with E-state index in [1.807, 2.05) is 0 Å². The minimum atomic E-state index is -0.131. The van der Waals surface area contributed by atoms with Crippen LogP contribution >= 0.6 is 15.9 Å². The van der Waals surface area contributed by atoms with Gasteiger partial charge in [-0.2, -0.15) is 0 Å². The van der Waals surface area contributed by atoms with Crippen LogP contribution < -0.4 is 0 Å². The second-order valence-electron chi connectivity index (χ2n) is 10.1. The van der Waals surface area contributed by atoms with E-state index in [2.05, 4.69) is 36.4 Å². The molecule has 4 aliphatic carbocycles. The monoisotopic (exact) mass is 436 g/mol. The summed E-state index contributed by atoms with van der Waals surface area (Å²) in [4.78, 5) is 24.7. The lowest BCUT2D eigenvalue weighted by atomic mass is 9.45. The Kier molecular flexibility index (Phi) is 5.10. The molecule has 0 saturated heterocycles. The number of ether oxygens (including phenoxy) is 1. The minimum absolute atomic E-state index is 0.0665. The van der Waals surface area contributed by atoms with Crippen molar-refractivity contribution in [1.29, 1.82) is 0 Å². The van der Waals surface area contributed by atoms with Crippen molar-refractivity contribution in [3.8, 4) is 0 Å².